The van der Waals surface area contributed by atoms with Crippen molar-refractivity contribution in [1.29, 1.82) is 0 Å². The van der Waals surface area contributed by atoms with Gasteiger partial charge < -0.3 is 15.8 Å². The van der Waals surface area contributed by atoms with E-state index in [0.717, 1.165) is 5.56 Å². The van der Waals surface area contributed by atoms with Crippen molar-refractivity contribution >= 4 is 18.3 Å². The molecule has 0 aliphatic rings. The average molecular weight is 367 g/mol. The molecule has 0 aromatic heterocycles. The minimum absolute atomic E-state index is 0. The summed E-state index contributed by atoms with van der Waals surface area (Å²) in [5.74, 6) is -0.693. The van der Waals surface area contributed by atoms with Gasteiger partial charge in [0.2, 0.25) is 5.91 Å². The monoisotopic (exact) mass is 366 g/mol. The van der Waals surface area contributed by atoms with Crippen molar-refractivity contribution in [1.82, 2.24) is 5.32 Å². The van der Waals surface area contributed by atoms with E-state index in [-0.39, 0.29) is 18.3 Å². The van der Waals surface area contributed by atoms with Gasteiger partial charge in [0.15, 0.2) is 0 Å². The van der Waals surface area contributed by atoms with Crippen molar-refractivity contribution in [3.8, 4) is 5.75 Å². The van der Waals surface area contributed by atoms with Gasteiger partial charge in [0.1, 0.15) is 11.6 Å². The molecule has 3 atom stereocenters. The van der Waals surface area contributed by atoms with Crippen molar-refractivity contribution in [2.45, 2.75) is 25.9 Å². The molecule has 0 heterocycles. The lowest BCUT2D eigenvalue weighted by molar-refractivity contribution is -0.125. The zero-order valence-electron chi connectivity index (χ0n) is 14.5. The van der Waals surface area contributed by atoms with Gasteiger partial charge in [-0.25, -0.2) is 4.39 Å². The van der Waals surface area contributed by atoms with E-state index in [1.54, 1.807) is 26.0 Å². The van der Waals surface area contributed by atoms with Crippen LogP contribution in [0.4, 0.5) is 4.39 Å². The zero-order valence-corrected chi connectivity index (χ0v) is 15.3. The van der Waals surface area contributed by atoms with Crippen molar-refractivity contribution < 1.29 is 13.9 Å². The van der Waals surface area contributed by atoms with Gasteiger partial charge in [-0.3, -0.25) is 4.79 Å². The van der Waals surface area contributed by atoms with E-state index in [1.165, 1.54) is 13.2 Å². The van der Waals surface area contributed by atoms with E-state index in [0.29, 0.717) is 11.3 Å². The molecule has 2 aromatic rings. The Hall–Kier alpha value is -2.11. The van der Waals surface area contributed by atoms with E-state index in [1.807, 2.05) is 30.3 Å². The Kier molecular flexibility index (Phi) is 7.87. The first-order chi connectivity index (χ1) is 11.5. The van der Waals surface area contributed by atoms with Crippen LogP contribution < -0.4 is 15.8 Å². The molecule has 0 bridgehead atoms. The van der Waals surface area contributed by atoms with Gasteiger partial charge >= 0.3 is 0 Å². The van der Waals surface area contributed by atoms with Gasteiger partial charge in [-0.1, -0.05) is 43.3 Å². The molecule has 2 aromatic carbocycles. The van der Waals surface area contributed by atoms with E-state index in [9.17, 15) is 9.18 Å². The second-order valence-electron chi connectivity index (χ2n) is 5.81. The molecule has 3 unspecified atom stereocenters. The molecule has 0 aliphatic carbocycles. The lowest BCUT2D eigenvalue weighted by Crippen LogP contribution is -2.37. The fraction of sp³-hybridized carbons (Fsp3) is 0.316. The van der Waals surface area contributed by atoms with E-state index >= 15 is 0 Å². The van der Waals surface area contributed by atoms with Crippen molar-refractivity contribution in [2.24, 2.45) is 11.7 Å². The van der Waals surface area contributed by atoms with E-state index in [4.69, 9.17) is 10.5 Å². The molecule has 0 radical (unpaired) electrons. The summed E-state index contributed by atoms with van der Waals surface area (Å²) in [5.41, 5.74) is 7.39. The number of benzene rings is 2. The molecule has 3 N–H and O–H groups in total. The highest BCUT2D eigenvalue weighted by molar-refractivity contribution is 5.85. The Morgan fingerprint density at radius 1 is 1.12 bits per heavy atom. The number of carbonyl (C=O) groups excluding carboxylic acids is 1. The molecular formula is C19H24ClFN2O2. The minimum Gasteiger partial charge on any atom is -0.496 e. The van der Waals surface area contributed by atoms with Gasteiger partial charge in [0.05, 0.1) is 24.6 Å². The van der Waals surface area contributed by atoms with Crippen LogP contribution in [0.3, 0.4) is 0 Å². The molecule has 0 aliphatic heterocycles. The summed E-state index contributed by atoms with van der Waals surface area (Å²) in [7, 11) is 1.47. The van der Waals surface area contributed by atoms with Crippen LogP contribution in [0.2, 0.25) is 0 Å². The first kappa shape index (κ1) is 20.9. The average Bonchev–Trinajstić information content (AvgIpc) is 2.60. The second-order valence-corrected chi connectivity index (χ2v) is 5.81. The molecule has 136 valence electrons. The van der Waals surface area contributed by atoms with Crippen LogP contribution in [-0.4, -0.2) is 13.0 Å². The Bertz CT molecular complexity index is 697. The molecule has 0 fully saturated rings. The fourth-order valence-corrected chi connectivity index (χ4v) is 2.66. The third-order valence-corrected chi connectivity index (χ3v) is 4.16. The highest BCUT2D eigenvalue weighted by atomic mass is 35.5. The summed E-state index contributed by atoms with van der Waals surface area (Å²) < 4.78 is 19.3. The minimum atomic E-state index is -0.529. The molecule has 1 amide bonds. The van der Waals surface area contributed by atoms with Crippen LogP contribution in [0.15, 0.2) is 48.5 Å². The molecule has 0 saturated heterocycles. The van der Waals surface area contributed by atoms with Gasteiger partial charge in [-0.05, 0) is 24.6 Å². The molecule has 0 spiro atoms. The number of nitrogens with one attached hydrogen (secondary N) is 1. The summed E-state index contributed by atoms with van der Waals surface area (Å²) in [6, 6.07) is 13.1. The third-order valence-electron chi connectivity index (χ3n) is 4.16. The lowest BCUT2D eigenvalue weighted by Gasteiger charge is -2.23. The van der Waals surface area contributed by atoms with Crippen molar-refractivity contribution in [3.05, 3.63) is 65.5 Å². The number of nitrogens with two attached hydrogens (primary N) is 1. The number of amides is 1. The van der Waals surface area contributed by atoms with E-state index < -0.39 is 23.8 Å². The van der Waals surface area contributed by atoms with Crippen molar-refractivity contribution in [3.63, 3.8) is 0 Å². The Labute approximate surface area is 154 Å². The standard InChI is InChI=1S/C19H23FN2O2.ClH/c1-12(18(21)14-8-5-4-6-9-14)19(23)22-13(2)17-15(20)10-7-11-16(17)24-3;/h4-13,18H,21H2,1-3H3,(H,22,23);1H. The summed E-state index contributed by atoms with van der Waals surface area (Å²) in [6.45, 7) is 3.48. The quantitative estimate of drug-likeness (QED) is 0.817. The number of hydrogen-bond donors (Lipinski definition) is 2. The SMILES string of the molecule is COc1cccc(F)c1C(C)NC(=O)C(C)C(N)c1ccccc1.Cl. The Morgan fingerprint density at radius 2 is 1.76 bits per heavy atom. The van der Waals surface area contributed by atoms with Crippen LogP contribution in [-0.2, 0) is 4.79 Å². The van der Waals surface area contributed by atoms with Crippen LogP contribution >= 0.6 is 12.4 Å². The fourth-order valence-electron chi connectivity index (χ4n) is 2.66. The highest BCUT2D eigenvalue weighted by Gasteiger charge is 2.25. The van der Waals surface area contributed by atoms with Gasteiger partial charge in [-0.2, -0.15) is 0 Å². The normalized spacial score (nSPS) is 14.0. The molecule has 6 heteroatoms. The van der Waals surface area contributed by atoms with Crippen LogP contribution in [0.5, 0.6) is 5.75 Å². The molecular weight excluding hydrogens is 343 g/mol. The van der Waals surface area contributed by atoms with Gasteiger partial charge in [0, 0.05) is 6.04 Å². The maximum absolute atomic E-state index is 14.1. The first-order valence-corrected chi connectivity index (χ1v) is 7.89. The second kappa shape index (κ2) is 9.39. The van der Waals surface area contributed by atoms with Crippen molar-refractivity contribution in [2.75, 3.05) is 7.11 Å². The number of ether oxygens (including phenoxy) is 1. The summed E-state index contributed by atoms with van der Waals surface area (Å²) in [5, 5.41) is 2.82. The van der Waals surface area contributed by atoms with E-state index in [2.05, 4.69) is 5.32 Å². The number of hydrogen-bond acceptors (Lipinski definition) is 3. The predicted octanol–water partition coefficient (Wildman–Crippen LogP) is 3.77. The predicted molar refractivity (Wildman–Crippen MR) is 99.3 cm³/mol. The Morgan fingerprint density at radius 3 is 2.36 bits per heavy atom. The number of halogens is 2. The topological polar surface area (TPSA) is 64.3 Å². The molecule has 0 saturated carbocycles. The Balaban J connectivity index is 0.00000312. The highest BCUT2D eigenvalue weighted by Crippen LogP contribution is 2.28. The van der Waals surface area contributed by atoms with Gasteiger partial charge in [0.25, 0.3) is 0 Å². The summed E-state index contributed by atoms with van der Waals surface area (Å²) >= 11 is 0. The molecule has 25 heavy (non-hydrogen) atoms. The van der Waals surface area contributed by atoms with Crippen LogP contribution in [0, 0.1) is 11.7 Å². The lowest BCUT2D eigenvalue weighted by atomic mass is 9.94. The number of carbonyl (C=O) groups is 1. The van der Waals surface area contributed by atoms with Crippen LogP contribution in [0.25, 0.3) is 0 Å². The third kappa shape index (κ3) is 4.94. The first-order valence-electron chi connectivity index (χ1n) is 7.89. The molecule has 2 rings (SSSR count). The molecule has 4 nitrogen and oxygen atoms in total. The largest absolute Gasteiger partial charge is 0.496 e. The number of methoxy groups -OCH3 is 1. The summed E-state index contributed by atoms with van der Waals surface area (Å²) in [4.78, 5) is 12.5. The summed E-state index contributed by atoms with van der Waals surface area (Å²) in [6.07, 6.45) is 0. The maximum Gasteiger partial charge on any atom is 0.225 e. The number of rotatable bonds is 6. The smallest absolute Gasteiger partial charge is 0.225 e. The van der Waals surface area contributed by atoms with Crippen LogP contribution in [0.1, 0.15) is 37.1 Å². The van der Waals surface area contributed by atoms with Gasteiger partial charge in [-0.15, -0.1) is 12.4 Å². The zero-order chi connectivity index (χ0) is 17.7. The maximum atomic E-state index is 14.1.